The molecule has 1 aromatic carbocycles. The van der Waals surface area contributed by atoms with E-state index in [1.165, 1.54) is 29.2 Å². The average Bonchev–Trinajstić information content (AvgIpc) is 2.88. The highest BCUT2D eigenvalue weighted by Gasteiger charge is 2.35. The lowest BCUT2D eigenvalue weighted by molar-refractivity contribution is -0.143. The number of anilines is 1. The molecule has 10 heteroatoms. The van der Waals surface area contributed by atoms with Crippen LogP contribution >= 0.6 is 0 Å². The number of halogens is 4. The molecule has 1 N–H and O–H groups in total. The number of carbonyl (C=O) groups is 1. The van der Waals surface area contributed by atoms with Gasteiger partial charge in [0, 0.05) is 23.5 Å². The maximum Gasteiger partial charge on any atom is 0.408 e. The molecule has 0 aliphatic carbocycles. The van der Waals surface area contributed by atoms with Crippen LogP contribution in [-0.4, -0.2) is 46.6 Å². The van der Waals surface area contributed by atoms with Crippen LogP contribution in [0.25, 0.3) is 0 Å². The van der Waals surface area contributed by atoms with Gasteiger partial charge in [0.15, 0.2) is 0 Å². The summed E-state index contributed by atoms with van der Waals surface area (Å²) < 4.78 is 57.8. The Labute approximate surface area is 159 Å². The SMILES string of the molecule is Cc1nn(CC(F)(F)F)c(C)c1[C@H]1COCCN1C(=O)Nc1ccc(F)cc1. The first kappa shape index (κ1) is 20.1. The number of aromatic nitrogens is 2. The van der Waals surface area contributed by atoms with Gasteiger partial charge in [-0.2, -0.15) is 18.3 Å². The maximum absolute atomic E-state index is 13.0. The lowest BCUT2D eigenvalue weighted by Crippen LogP contribution is -2.45. The smallest absolute Gasteiger partial charge is 0.377 e. The van der Waals surface area contributed by atoms with Crippen molar-refractivity contribution in [3.05, 3.63) is 47.0 Å². The number of alkyl halides is 3. The number of benzene rings is 1. The lowest BCUT2D eigenvalue weighted by Gasteiger charge is -2.36. The molecule has 0 unspecified atom stereocenters. The van der Waals surface area contributed by atoms with Gasteiger partial charge in [-0.3, -0.25) is 4.68 Å². The summed E-state index contributed by atoms with van der Waals surface area (Å²) in [5.41, 5.74) is 1.71. The Morgan fingerprint density at radius 3 is 2.61 bits per heavy atom. The van der Waals surface area contributed by atoms with Crippen molar-refractivity contribution in [2.45, 2.75) is 32.6 Å². The predicted molar refractivity (Wildman–Crippen MR) is 93.4 cm³/mol. The van der Waals surface area contributed by atoms with Crippen molar-refractivity contribution in [3.8, 4) is 0 Å². The van der Waals surface area contributed by atoms with Crippen LogP contribution in [0, 0.1) is 19.7 Å². The van der Waals surface area contributed by atoms with Crippen LogP contribution in [0.2, 0.25) is 0 Å². The Morgan fingerprint density at radius 1 is 1.29 bits per heavy atom. The topological polar surface area (TPSA) is 59.4 Å². The molecule has 28 heavy (non-hydrogen) atoms. The van der Waals surface area contributed by atoms with Crippen molar-refractivity contribution in [2.24, 2.45) is 0 Å². The Kier molecular flexibility index (Phi) is 5.59. The summed E-state index contributed by atoms with van der Waals surface area (Å²) in [6.45, 7) is 2.68. The standard InChI is InChI=1S/C18H20F4N4O2/c1-11-16(12(2)26(24-11)10-18(20,21)22)15-9-28-8-7-25(15)17(27)23-14-5-3-13(19)4-6-14/h3-6,15H,7-10H2,1-2H3,(H,23,27)/t15-/m1/s1. The summed E-state index contributed by atoms with van der Waals surface area (Å²) in [5, 5.41) is 6.68. The van der Waals surface area contributed by atoms with E-state index in [4.69, 9.17) is 4.74 Å². The first-order valence-corrected chi connectivity index (χ1v) is 8.67. The first-order valence-electron chi connectivity index (χ1n) is 8.67. The molecule has 1 fully saturated rings. The third kappa shape index (κ3) is 4.44. The van der Waals surface area contributed by atoms with Gasteiger partial charge in [-0.15, -0.1) is 0 Å². The second kappa shape index (κ2) is 7.78. The number of carbonyl (C=O) groups excluding carboxylic acids is 1. The van der Waals surface area contributed by atoms with Gasteiger partial charge in [-0.05, 0) is 38.1 Å². The minimum absolute atomic E-state index is 0.149. The summed E-state index contributed by atoms with van der Waals surface area (Å²) in [6, 6.07) is 4.30. The van der Waals surface area contributed by atoms with E-state index in [0.29, 0.717) is 29.2 Å². The molecule has 1 aromatic heterocycles. The molecule has 2 aromatic rings. The molecule has 2 amide bonds. The molecule has 1 saturated heterocycles. The molecule has 0 spiro atoms. The van der Waals surface area contributed by atoms with E-state index in [1.807, 2.05) is 0 Å². The third-order valence-electron chi connectivity index (χ3n) is 4.58. The van der Waals surface area contributed by atoms with Gasteiger partial charge < -0.3 is 15.0 Å². The molecule has 2 heterocycles. The molecule has 1 aliphatic rings. The predicted octanol–water partition coefficient (Wildman–Crippen LogP) is 3.81. The quantitative estimate of drug-likeness (QED) is 0.798. The van der Waals surface area contributed by atoms with E-state index in [9.17, 15) is 22.4 Å². The van der Waals surface area contributed by atoms with Crippen LogP contribution in [0.4, 0.5) is 28.0 Å². The Morgan fingerprint density at radius 2 is 1.96 bits per heavy atom. The van der Waals surface area contributed by atoms with Gasteiger partial charge in [-0.25, -0.2) is 9.18 Å². The van der Waals surface area contributed by atoms with Gasteiger partial charge in [0.25, 0.3) is 0 Å². The summed E-state index contributed by atoms with van der Waals surface area (Å²) in [5.74, 6) is -0.425. The maximum atomic E-state index is 13.0. The van der Waals surface area contributed by atoms with Gasteiger partial charge >= 0.3 is 12.2 Å². The van der Waals surface area contributed by atoms with Gasteiger partial charge in [-0.1, -0.05) is 0 Å². The number of hydrogen-bond donors (Lipinski definition) is 1. The van der Waals surface area contributed by atoms with Crippen molar-refractivity contribution in [2.75, 3.05) is 25.1 Å². The second-order valence-corrected chi connectivity index (χ2v) is 6.58. The largest absolute Gasteiger partial charge is 0.408 e. The number of urea groups is 1. The molecule has 0 radical (unpaired) electrons. The Balaban J connectivity index is 1.85. The van der Waals surface area contributed by atoms with Crippen LogP contribution < -0.4 is 5.32 Å². The van der Waals surface area contributed by atoms with Gasteiger partial charge in [0.1, 0.15) is 12.4 Å². The van der Waals surface area contributed by atoms with E-state index in [-0.39, 0.29) is 13.2 Å². The van der Waals surface area contributed by atoms with E-state index in [0.717, 1.165) is 4.68 Å². The number of aryl methyl sites for hydroxylation is 1. The number of ether oxygens (including phenoxy) is 1. The molecule has 3 rings (SSSR count). The number of morpholine rings is 1. The van der Waals surface area contributed by atoms with Crippen LogP contribution in [0.15, 0.2) is 24.3 Å². The van der Waals surface area contributed by atoms with Crippen molar-refractivity contribution in [1.82, 2.24) is 14.7 Å². The Hall–Kier alpha value is -2.62. The third-order valence-corrected chi connectivity index (χ3v) is 4.58. The number of amides is 2. The van der Waals surface area contributed by atoms with Crippen molar-refractivity contribution in [1.29, 1.82) is 0 Å². The van der Waals surface area contributed by atoms with E-state index in [2.05, 4.69) is 10.4 Å². The fraction of sp³-hybridized carbons (Fsp3) is 0.444. The summed E-state index contributed by atoms with van der Waals surface area (Å²) >= 11 is 0. The summed E-state index contributed by atoms with van der Waals surface area (Å²) in [7, 11) is 0. The zero-order chi connectivity index (χ0) is 20.5. The van der Waals surface area contributed by atoms with E-state index in [1.54, 1.807) is 13.8 Å². The molecule has 152 valence electrons. The van der Waals surface area contributed by atoms with E-state index < -0.39 is 30.6 Å². The minimum Gasteiger partial charge on any atom is -0.377 e. The van der Waals surface area contributed by atoms with Crippen LogP contribution in [0.1, 0.15) is 23.0 Å². The van der Waals surface area contributed by atoms with E-state index >= 15 is 0 Å². The fourth-order valence-corrected chi connectivity index (χ4v) is 3.33. The molecule has 0 saturated carbocycles. The molecule has 1 aliphatic heterocycles. The van der Waals surface area contributed by atoms with Crippen molar-refractivity contribution < 1.29 is 27.1 Å². The highest BCUT2D eigenvalue weighted by Crippen LogP contribution is 2.31. The normalized spacial score (nSPS) is 17.6. The first-order chi connectivity index (χ1) is 13.2. The second-order valence-electron chi connectivity index (χ2n) is 6.58. The van der Waals surface area contributed by atoms with Crippen LogP contribution in [0.5, 0.6) is 0 Å². The fourth-order valence-electron chi connectivity index (χ4n) is 3.33. The van der Waals surface area contributed by atoms with Gasteiger partial charge in [0.2, 0.25) is 0 Å². The van der Waals surface area contributed by atoms with Crippen LogP contribution in [0.3, 0.4) is 0 Å². The number of rotatable bonds is 3. The average molecular weight is 400 g/mol. The summed E-state index contributed by atoms with van der Waals surface area (Å²) in [6.07, 6.45) is -4.40. The van der Waals surface area contributed by atoms with Crippen LogP contribution in [-0.2, 0) is 11.3 Å². The highest BCUT2D eigenvalue weighted by molar-refractivity contribution is 5.89. The monoisotopic (exact) mass is 400 g/mol. The molecule has 1 atom stereocenters. The minimum atomic E-state index is -4.40. The van der Waals surface area contributed by atoms with Crippen molar-refractivity contribution >= 4 is 11.7 Å². The zero-order valence-electron chi connectivity index (χ0n) is 15.4. The lowest BCUT2D eigenvalue weighted by atomic mass is 10.0. The Bertz CT molecular complexity index is 849. The molecule has 6 nitrogen and oxygen atoms in total. The molecular formula is C18H20F4N4O2. The van der Waals surface area contributed by atoms with Crippen molar-refractivity contribution in [3.63, 3.8) is 0 Å². The zero-order valence-corrected chi connectivity index (χ0v) is 15.4. The van der Waals surface area contributed by atoms with Gasteiger partial charge in [0.05, 0.1) is 24.9 Å². The number of nitrogens with zero attached hydrogens (tertiary/aromatic N) is 3. The molecular weight excluding hydrogens is 380 g/mol. The molecule has 0 bridgehead atoms. The number of nitrogens with one attached hydrogen (secondary N) is 1. The number of hydrogen-bond acceptors (Lipinski definition) is 3. The summed E-state index contributed by atoms with van der Waals surface area (Å²) in [4.78, 5) is 14.3. The highest BCUT2D eigenvalue weighted by atomic mass is 19.4.